The average molecular weight is 484 g/mol. The van der Waals surface area contributed by atoms with E-state index in [1.54, 1.807) is 0 Å². The molecule has 12 heteroatoms. The van der Waals surface area contributed by atoms with Crippen molar-refractivity contribution in [3.63, 3.8) is 0 Å². The van der Waals surface area contributed by atoms with Crippen LogP contribution in [0.4, 0.5) is 5.69 Å². The molecule has 2 amide bonds. The van der Waals surface area contributed by atoms with Gasteiger partial charge in [0.1, 0.15) is 6.04 Å². The summed E-state index contributed by atoms with van der Waals surface area (Å²) in [5, 5.41) is 5.45. The third-order valence-electron chi connectivity index (χ3n) is 5.15. The maximum Gasteiger partial charge on any atom is 0.252 e. The van der Waals surface area contributed by atoms with E-state index in [9.17, 15) is 26.4 Å². The highest BCUT2D eigenvalue weighted by molar-refractivity contribution is 7.89. The molecule has 9 nitrogen and oxygen atoms in total. The van der Waals surface area contributed by atoms with Gasteiger partial charge < -0.3 is 0 Å². The van der Waals surface area contributed by atoms with Crippen molar-refractivity contribution in [1.29, 1.82) is 0 Å². The number of nitrogens with zero attached hydrogens (tertiary/aromatic N) is 2. The van der Waals surface area contributed by atoms with Crippen molar-refractivity contribution in [1.82, 2.24) is 4.31 Å². The van der Waals surface area contributed by atoms with Crippen molar-refractivity contribution in [2.24, 2.45) is 5.14 Å². The second-order valence-corrected chi connectivity index (χ2v) is 11.2. The molecule has 31 heavy (non-hydrogen) atoms. The van der Waals surface area contributed by atoms with Crippen LogP contribution < -0.4 is 10.0 Å². The summed E-state index contributed by atoms with van der Waals surface area (Å²) in [4.78, 5) is 26.5. The summed E-state index contributed by atoms with van der Waals surface area (Å²) in [6.45, 7) is 0. The van der Waals surface area contributed by atoms with Crippen molar-refractivity contribution in [2.45, 2.75) is 41.1 Å². The standard InChI is InChI=1S/C19H18ClN3O6S2/c20-12-1-7-16(8-2-12)31(28,29)23(14-3-4-14)17-11-18(24)22(19(17)25)13-5-9-15(10-6-13)30(21,26)27/h1-2,5-10,14,17H,3-4,11H2,(H2,21,26,27). The van der Waals surface area contributed by atoms with Crippen LogP contribution in [-0.4, -0.2) is 45.0 Å². The van der Waals surface area contributed by atoms with E-state index < -0.39 is 37.9 Å². The Kier molecular flexibility index (Phi) is 5.42. The van der Waals surface area contributed by atoms with Gasteiger partial charge in [-0.15, -0.1) is 0 Å². The highest BCUT2D eigenvalue weighted by Crippen LogP contribution is 2.38. The summed E-state index contributed by atoms with van der Waals surface area (Å²) in [7, 11) is -7.98. The van der Waals surface area contributed by atoms with Crippen molar-refractivity contribution in [3.05, 3.63) is 53.6 Å². The Morgan fingerprint density at radius 3 is 1.97 bits per heavy atom. The minimum absolute atomic E-state index is 0.0139. The van der Waals surface area contributed by atoms with Crippen LogP contribution in [0.25, 0.3) is 0 Å². The summed E-state index contributed by atoms with van der Waals surface area (Å²) in [6, 6.07) is 8.99. The molecule has 1 atom stereocenters. The van der Waals surface area contributed by atoms with Gasteiger partial charge in [0, 0.05) is 11.1 Å². The fourth-order valence-corrected chi connectivity index (χ4v) is 6.01. The number of hydrogen-bond donors (Lipinski definition) is 1. The van der Waals surface area contributed by atoms with E-state index in [-0.39, 0.29) is 27.9 Å². The molecule has 0 aromatic heterocycles. The van der Waals surface area contributed by atoms with Crippen LogP contribution in [0.2, 0.25) is 5.02 Å². The number of nitrogens with two attached hydrogens (primary N) is 1. The molecule has 1 saturated heterocycles. The lowest BCUT2D eigenvalue weighted by atomic mass is 10.2. The molecule has 164 valence electrons. The highest BCUT2D eigenvalue weighted by Gasteiger charge is 2.51. The van der Waals surface area contributed by atoms with Gasteiger partial charge in [-0.05, 0) is 61.4 Å². The number of amides is 2. The van der Waals surface area contributed by atoms with Crippen LogP contribution >= 0.6 is 11.6 Å². The van der Waals surface area contributed by atoms with Crippen LogP contribution in [0, 0.1) is 0 Å². The minimum atomic E-state index is -4.05. The molecular weight excluding hydrogens is 466 g/mol. The Balaban J connectivity index is 1.67. The Morgan fingerprint density at radius 1 is 0.903 bits per heavy atom. The van der Waals surface area contributed by atoms with Crippen LogP contribution in [-0.2, 0) is 29.6 Å². The van der Waals surface area contributed by atoms with Gasteiger partial charge in [-0.2, -0.15) is 4.31 Å². The first kappa shape index (κ1) is 21.9. The van der Waals surface area contributed by atoms with Gasteiger partial charge in [-0.1, -0.05) is 11.6 Å². The number of halogens is 1. The maximum absolute atomic E-state index is 13.3. The van der Waals surface area contributed by atoms with Crippen LogP contribution in [0.5, 0.6) is 0 Å². The van der Waals surface area contributed by atoms with Crippen LogP contribution in [0.15, 0.2) is 58.3 Å². The van der Waals surface area contributed by atoms with Gasteiger partial charge in [0.25, 0.3) is 5.91 Å². The predicted octanol–water partition coefficient (Wildman–Crippen LogP) is 1.47. The van der Waals surface area contributed by atoms with E-state index in [4.69, 9.17) is 16.7 Å². The van der Waals surface area contributed by atoms with E-state index in [0.29, 0.717) is 17.9 Å². The zero-order chi connectivity index (χ0) is 22.6. The molecule has 1 heterocycles. The Hall–Kier alpha value is -2.31. The first-order chi connectivity index (χ1) is 14.5. The third-order valence-corrected chi connectivity index (χ3v) is 8.31. The van der Waals surface area contributed by atoms with Crippen molar-refractivity contribution >= 4 is 49.1 Å². The number of hydrogen-bond acceptors (Lipinski definition) is 6. The van der Waals surface area contributed by atoms with Gasteiger partial charge in [0.05, 0.1) is 21.9 Å². The van der Waals surface area contributed by atoms with E-state index in [0.717, 1.165) is 9.21 Å². The summed E-state index contributed by atoms with van der Waals surface area (Å²) in [6.07, 6.45) is 0.876. The smallest absolute Gasteiger partial charge is 0.252 e. The maximum atomic E-state index is 13.3. The molecule has 0 radical (unpaired) electrons. The number of imide groups is 1. The monoisotopic (exact) mass is 483 g/mol. The van der Waals surface area contributed by atoms with E-state index in [1.807, 2.05) is 0 Å². The average Bonchev–Trinajstić information content (AvgIpc) is 3.47. The number of carbonyl (C=O) groups is 2. The fraction of sp³-hybridized carbons (Fsp3) is 0.263. The molecule has 2 aromatic carbocycles. The van der Waals surface area contributed by atoms with E-state index >= 15 is 0 Å². The van der Waals surface area contributed by atoms with Crippen molar-refractivity contribution in [2.75, 3.05) is 4.90 Å². The zero-order valence-corrected chi connectivity index (χ0v) is 18.4. The summed E-state index contributed by atoms with van der Waals surface area (Å²) < 4.78 is 50.6. The fourth-order valence-electron chi connectivity index (χ4n) is 3.55. The molecule has 1 aliphatic heterocycles. The quantitative estimate of drug-likeness (QED) is 0.618. The molecule has 2 aromatic rings. The topological polar surface area (TPSA) is 135 Å². The van der Waals surface area contributed by atoms with Gasteiger partial charge in [0.2, 0.25) is 26.0 Å². The molecule has 1 unspecified atom stereocenters. The molecule has 0 spiro atoms. The van der Waals surface area contributed by atoms with Gasteiger partial charge in [-0.3, -0.25) is 9.59 Å². The predicted molar refractivity (Wildman–Crippen MR) is 112 cm³/mol. The van der Waals surface area contributed by atoms with Crippen molar-refractivity contribution in [3.8, 4) is 0 Å². The molecule has 0 bridgehead atoms. The Bertz CT molecular complexity index is 1260. The molecule has 2 N–H and O–H groups in total. The second kappa shape index (κ2) is 7.68. The molecule has 1 aliphatic carbocycles. The normalized spacial score (nSPS) is 20.0. The Labute approximate surface area is 184 Å². The molecule has 2 fully saturated rings. The molecule has 2 aliphatic rings. The van der Waals surface area contributed by atoms with E-state index in [1.165, 1.54) is 48.5 Å². The second-order valence-electron chi connectivity index (χ2n) is 7.35. The first-order valence-corrected chi connectivity index (χ1v) is 12.7. The summed E-state index contributed by atoms with van der Waals surface area (Å²) >= 11 is 5.85. The van der Waals surface area contributed by atoms with Crippen molar-refractivity contribution < 1.29 is 26.4 Å². The molecular formula is C19H18ClN3O6S2. The number of carbonyl (C=O) groups excluding carboxylic acids is 2. The molecule has 4 rings (SSSR count). The lowest BCUT2D eigenvalue weighted by Crippen LogP contribution is -2.46. The van der Waals surface area contributed by atoms with Gasteiger partial charge >= 0.3 is 0 Å². The van der Waals surface area contributed by atoms with Gasteiger partial charge in [0.15, 0.2) is 0 Å². The van der Waals surface area contributed by atoms with E-state index in [2.05, 4.69) is 0 Å². The number of benzene rings is 2. The lowest BCUT2D eigenvalue weighted by molar-refractivity contribution is -0.122. The third kappa shape index (κ3) is 4.11. The highest BCUT2D eigenvalue weighted by atomic mass is 35.5. The first-order valence-electron chi connectivity index (χ1n) is 9.29. The number of rotatable bonds is 6. The summed E-state index contributed by atoms with van der Waals surface area (Å²) in [5.41, 5.74) is 0.143. The largest absolute Gasteiger partial charge is 0.274 e. The molecule has 1 saturated carbocycles. The number of primary sulfonamides is 1. The van der Waals surface area contributed by atoms with Crippen LogP contribution in [0.1, 0.15) is 19.3 Å². The number of sulfonamides is 2. The van der Waals surface area contributed by atoms with Gasteiger partial charge in [-0.25, -0.2) is 26.9 Å². The SMILES string of the molecule is NS(=O)(=O)c1ccc(N2C(=O)CC(N(C3CC3)S(=O)(=O)c3ccc(Cl)cc3)C2=O)cc1. The lowest BCUT2D eigenvalue weighted by Gasteiger charge is -2.26. The number of anilines is 1. The minimum Gasteiger partial charge on any atom is -0.274 e. The van der Waals surface area contributed by atoms with Crippen LogP contribution in [0.3, 0.4) is 0 Å². The zero-order valence-electron chi connectivity index (χ0n) is 16.0. The summed E-state index contributed by atoms with van der Waals surface area (Å²) in [5.74, 6) is -1.26. The Morgan fingerprint density at radius 2 is 1.45 bits per heavy atom.